The predicted octanol–water partition coefficient (Wildman–Crippen LogP) is 2.84. The van der Waals surface area contributed by atoms with Gasteiger partial charge in [0.25, 0.3) is 0 Å². The zero-order valence-corrected chi connectivity index (χ0v) is 9.16. The van der Waals surface area contributed by atoms with Crippen LogP contribution in [0.3, 0.4) is 0 Å². The fourth-order valence-corrected chi connectivity index (χ4v) is 1.88. The third-order valence-corrected chi connectivity index (χ3v) is 2.98. The zero-order chi connectivity index (χ0) is 10.7. The number of rotatable bonds is 4. The minimum atomic E-state index is 0.332. The van der Waals surface area contributed by atoms with Crippen molar-refractivity contribution in [1.29, 1.82) is 0 Å². The molecule has 0 aliphatic heterocycles. The van der Waals surface area contributed by atoms with E-state index in [9.17, 15) is 0 Å². The summed E-state index contributed by atoms with van der Waals surface area (Å²) in [5, 5.41) is 1.33. The number of nitrogens with one attached hydrogen (secondary N) is 1. The van der Waals surface area contributed by atoms with Gasteiger partial charge in [-0.1, -0.05) is 25.1 Å². The Morgan fingerprint density at radius 1 is 1.33 bits per heavy atom. The molecule has 1 atom stereocenters. The Morgan fingerprint density at radius 3 is 2.93 bits per heavy atom. The summed E-state index contributed by atoms with van der Waals surface area (Å²) in [7, 11) is 0. The SMILES string of the molecule is CC[C@H](N)CCc1c[nH]c2ccccc12. The molecule has 1 aromatic heterocycles. The summed E-state index contributed by atoms with van der Waals surface area (Å²) in [6.07, 6.45) is 5.30. The molecule has 0 bridgehead atoms. The van der Waals surface area contributed by atoms with Gasteiger partial charge in [0.1, 0.15) is 0 Å². The summed E-state index contributed by atoms with van der Waals surface area (Å²) >= 11 is 0. The molecule has 0 saturated heterocycles. The first kappa shape index (κ1) is 10.2. The Bertz CT molecular complexity index is 431. The Morgan fingerprint density at radius 2 is 2.13 bits per heavy atom. The molecule has 0 unspecified atom stereocenters. The summed E-state index contributed by atoms with van der Waals surface area (Å²) in [5.41, 5.74) is 8.53. The molecule has 0 aliphatic carbocycles. The standard InChI is InChI=1S/C13H18N2/c1-2-11(14)8-7-10-9-15-13-6-4-3-5-12(10)13/h3-6,9,11,15H,2,7-8,14H2,1H3/t11-/m0/s1. The Hall–Kier alpha value is -1.28. The van der Waals surface area contributed by atoms with Crippen molar-refractivity contribution < 1.29 is 0 Å². The average Bonchev–Trinajstić information content (AvgIpc) is 2.69. The van der Waals surface area contributed by atoms with Crippen LogP contribution in [0.1, 0.15) is 25.3 Å². The first-order chi connectivity index (χ1) is 7.31. The zero-order valence-electron chi connectivity index (χ0n) is 9.16. The van der Waals surface area contributed by atoms with Gasteiger partial charge in [0, 0.05) is 23.1 Å². The van der Waals surface area contributed by atoms with Crippen LogP contribution in [0.4, 0.5) is 0 Å². The monoisotopic (exact) mass is 202 g/mol. The highest BCUT2D eigenvalue weighted by Gasteiger charge is 2.04. The molecule has 0 fully saturated rings. The number of aromatic amines is 1. The molecule has 0 saturated carbocycles. The third kappa shape index (κ3) is 2.21. The van der Waals surface area contributed by atoms with Crippen LogP contribution in [0.5, 0.6) is 0 Å². The van der Waals surface area contributed by atoms with Crippen LogP contribution < -0.4 is 5.73 Å². The van der Waals surface area contributed by atoms with E-state index in [4.69, 9.17) is 5.73 Å². The molecule has 0 radical (unpaired) electrons. The molecule has 0 spiro atoms. The molecule has 2 heteroatoms. The first-order valence-electron chi connectivity index (χ1n) is 5.62. The topological polar surface area (TPSA) is 41.8 Å². The second kappa shape index (κ2) is 4.49. The van der Waals surface area contributed by atoms with E-state index in [1.165, 1.54) is 16.5 Å². The van der Waals surface area contributed by atoms with Crippen molar-refractivity contribution >= 4 is 10.9 Å². The average molecular weight is 202 g/mol. The van der Waals surface area contributed by atoms with E-state index in [2.05, 4.69) is 42.4 Å². The van der Waals surface area contributed by atoms with Crippen molar-refractivity contribution in [2.75, 3.05) is 0 Å². The number of aryl methyl sites for hydroxylation is 1. The number of aromatic nitrogens is 1. The maximum atomic E-state index is 5.92. The molecule has 2 rings (SSSR count). The van der Waals surface area contributed by atoms with E-state index in [1.807, 2.05) is 0 Å². The number of para-hydroxylation sites is 1. The molecular weight excluding hydrogens is 184 g/mol. The summed E-state index contributed by atoms with van der Waals surface area (Å²) in [5.74, 6) is 0. The van der Waals surface area contributed by atoms with Crippen molar-refractivity contribution in [1.82, 2.24) is 4.98 Å². The molecular formula is C13H18N2. The minimum Gasteiger partial charge on any atom is -0.361 e. The van der Waals surface area contributed by atoms with E-state index >= 15 is 0 Å². The molecule has 80 valence electrons. The van der Waals surface area contributed by atoms with Gasteiger partial charge in [-0.2, -0.15) is 0 Å². The van der Waals surface area contributed by atoms with Gasteiger partial charge in [-0.3, -0.25) is 0 Å². The second-order valence-electron chi connectivity index (χ2n) is 4.07. The van der Waals surface area contributed by atoms with Crippen LogP contribution in [-0.4, -0.2) is 11.0 Å². The molecule has 1 aromatic carbocycles. The minimum absolute atomic E-state index is 0.332. The van der Waals surface area contributed by atoms with Gasteiger partial charge in [-0.15, -0.1) is 0 Å². The summed E-state index contributed by atoms with van der Waals surface area (Å²) in [6.45, 7) is 2.14. The summed E-state index contributed by atoms with van der Waals surface area (Å²) < 4.78 is 0. The van der Waals surface area contributed by atoms with E-state index in [1.54, 1.807) is 0 Å². The molecule has 0 amide bonds. The second-order valence-corrected chi connectivity index (χ2v) is 4.07. The van der Waals surface area contributed by atoms with Crippen LogP contribution >= 0.6 is 0 Å². The molecule has 15 heavy (non-hydrogen) atoms. The number of fused-ring (bicyclic) bond motifs is 1. The fourth-order valence-electron chi connectivity index (χ4n) is 1.88. The lowest BCUT2D eigenvalue weighted by Gasteiger charge is -2.07. The van der Waals surface area contributed by atoms with Crippen LogP contribution in [0.15, 0.2) is 30.5 Å². The number of hydrogen-bond acceptors (Lipinski definition) is 1. The highest BCUT2D eigenvalue weighted by atomic mass is 14.7. The van der Waals surface area contributed by atoms with Gasteiger partial charge >= 0.3 is 0 Å². The normalized spacial score (nSPS) is 13.2. The first-order valence-corrected chi connectivity index (χ1v) is 5.62. The van der Waals surface area contributed by atoms with Crippen molar-refractivity contribution in [3.8, 4) is 0 Å². The maximum Gasteiger partial charge on any atom is 0.0456 e. The Kier molecular flexibility index (Phi) is 3.07. The van der Waals surface area contributed by atoms with Crippen LogP contribution in [0.25, 0.3) is 10.9 Å². The van der Waals surface area contributed by atoms with Gasteiger partial charge < -0.3 is 10.7 Å². The van der Waals surface area contributed by atoms with Crippen molar-refractivity contribution in [2.24, 2.45) is 5.73 Å². The van der Waals surface area contributed by atoms with Crippen LogP contribution in [0, 0.1) is 0 Å². The summed E-state index contributed by atoms with van der Waals surface area (Å²) in [4.78, 5) is 3.29. The highest BCUT2D eigenvalue weighted by molar-refractivity contribution is 5.82. The van der Waals surface area contributed by atoms with Gasteiger partial charge in [0.2, 0.25) is 0 Å². The van der Waals surface area contributed by atoms with Crippen molar-refractivity contribution in [2.45, 2.75) is 32.2 Å². The molecule has 2 nitrogen and oxygen atoms in total. The van der Waals surface area contributed by atoms with Gasteiger partial charge in [0.05, 0.1) is 0 Å². The quantitative estimate of drug-likeness (QED) is 0.786. The molecule has 1 heterocycles. The van der Waals surface area contributed by atoms with E-state index in [0.717, 1.165) is 19.3 Å². The number of H-pyrrole nitrogens is 1. The maximum absolute atomic E-state index is 5.92. The lowest BCUT2D eigenvalue weighted by atomic mass is 10.0. The van der Waals surface area contributed by atoms with Gasteiger partial charge in [-0.25, -0.2) is 0 Å². The smallest absolute Gasteiger partial charge is 0.0456 e. The van der Waals surface area contributed by atoms with Gasteiger partial charge in [0.15, 0.2) is 0 Å². The van der Waals surface area contributed by atoms with Crippen LogP contribution in [-0.2, 0) is 6.42 Å². The third-order valence-electron chi connectivity index (χ3n) is 2.98. The number of benzene rings is 1. The largest absolute Gasteiger partial charge is 0.361 e. The predicted molar refractivity (Wildman–Crippen MR) is 64.9 cm³/mol. The van der Waals surface area contributed by atoms with E-state index in [-0.39, 0.29) is 0 Å². The van der Waals surface area contributed by atoms with Crippen LogP contribution in [0.2, 0.25) is 0 Å². The Balaban J connectivity index is 2.14. The number of hydrogen-bond donors (Lipinski definition) is 2. The van der Waals surface area contributed by atoms with Crippen molar-refractivity contribution in [3.05, 3.63) is 36.0 Å². The lowest BCUT2D eigenvalue weighted by Crippen LogP contribution is -2.18. The number of nitrogens with two attached hydrogens (primary N) is 1. The molecule has 0 aliphatic rings. The molecule has 3 N–H and O–H groups in total. The van der Waals surface area contributed by atoms with E-state index in [0.29, 0.717) is 6.04 Å². The Labute approximate surface area is 90.5 Å². The molecule has 2 aromatic rings. The fraction of sp³-hybridized carbons (Fsp3) is 0.385. The van der Waals surface area contributed by atoms with Crippen molar-refractivity contribution in [3.63, 3.8) is 0 Å². The highest BCUT2D eigenvalue weighted by Crippen LogP contribution is 2.19. The summed E-state index contributed by atoms with van der Waals surface area (Å²) in [6, 6.07) is 8.75. The van der Waals surface area contributed by atoms with E-state index < -0.39 is 0 Å². The van der Waals surface area contributed by atoms with Gasteiger partial charge in [-0.05, 0) is 30.9 Å². The lowest BCUT2D eigenvalue weighted by molar-refractivity contribution is 0.597.